The minimum absolute atomic E-state index is 0.0359. The van der Waals surface area contributed by atoms with E-state index in [0.29, 0.717) is 51.9 Å². The third kappa shape index (κ3) is 12.2. The first-order valence-electron chi connectivity index (χ1n) is 17.0. The Labute approximate surface area is 289 Å². The second-order valence-corrected chi connectivity index (χ2v) is 13.0. The Morgan fingerprint density at radius 2 is 1.35 bits per heavy atom. The molecule has 0 spiro atoms. The van der Waals surface area contributed by atoms with Gasteiger partial charge < -0.3 is 42.0 Å². The highest BCUT2D eigenvalue weighted by molar-refractivity contribution is 5.95. The molecule has 2 aromatic carbocycles. The van der Waals surface area contributed by atoms with Crippen LogP contribution in [0.25, 0.3) is 0 Å². The molecule has 13 heteroatoms. The Morgan fingerprint density at radius 1 is 0.816 bits per heavy atom. The summed E-state index contributed by atoms with van der Waals surface area (Å²) >= 11 is 0. The number of hydrogen-bond donors (Lipinski definition) is 5. The van der Waals surface area contributed by atoms with Gasteiger partial charge in [-0.2, -0.15) is 0 Å². The topological polar surface area (TPSA) is 189 Å². The van der Waals surface area contributed by atoms with Crippen LogP contribution in [0.3, 0.4) is 0 Å². The molecule has 4 atom stereocenters. The Kier molecular flexibility index (Phi) is 15.5. The molecule has 13 nitrogen and oxygen atoms in total. The molecule has 0 aliphatic carbocycles. The first kappa shape index (κ1) is 39.0. The minimum atomic E-state index is -0.997. The van der Waals surface area contributed by atoms with E-state index in [1.54, 1.807) is 16.7 Å². The third-order valence-corrected chi connectivity index (χ3v) is 8.62. The fourth-order valence-electron chi connectivity index (χ4n) is 6.00. The molecule has 1 fully saturated rings. The van der Waals surface area contributed by atoms with Gasteiger partial charge in [0, 0.05) is 38.6 Å². The van der Waals surface area contributed by atoms with Crippen LogP contribution in [0.1, 0.15) is 51.2 Å². The molecular weight excluding hydrogens is 626 g/mol. The summed E-state index contributed by atoms with van der Waals surface area (Å²) in [5.41, 5.74) is 13.6. The molecule has 7 N–H and O–H groups in total. The van der Waals surface area contributed by atoms with Crippen LogP contribution >= 0.6 is 0 Å². The van der Waals surface area contributed by atoms with E-state index in [1.807, 2.05) is 74.5 Å². The van der Waals surface area contributed by atoms with Crippen molar-refractivity contribution < 1.29 is 28.7 Å². The standard InChI is InChI=1S/C36H53N7O6/c1-24(2)21-30(33(45)39-25(3)35(47)42-18-15-28(16-19-42)43(20-17-37)36(48)49-4)41-34(46)31(23-27-13-9-6-10-14-27)40-32(44)29(38)22-26-11-7-5-8-12-26/h5-14,24-25,28-31H,15-23,37-38H2,1-4H3,(H,39,45)(H,40,44)(H,41,46)/t25-,29-,30-,31-/m1/s1. The minimum Gasteiger partial charge on any atom is -0.453 e. The van der Waals surface area contributed by atoms with E-state index in [1.165, 1.54) is 7.11 Å². The summed E-state index contributed by atoms with van der Waals surface area (Å²) in [6.07, 6.45) is 1.46. The van der Waals surface area contributed by atoms with Crippen molar-refractivity contribution in [3.05, 3.63) is 71.8 Å². The number of carbonyl (C=O) groups is 5. The lowest BCUT2D eigenvalue weighted by molar-refractivity contribution is -0.138. The van der Waals surface area contributed by atoms with E-state index in [9.17, 15) is 24.0 Å². The number of nitrogens with one attached hydrogen (secondary N) is 3. The van der Waals surface area contributed by atoms with Gasteiger partial charge in [-0.25, -0.2) is 4.79 Å². The summed E-state index contributed by atoms with van der Waals surface area (Å²) in [5.74, 6) is -1.73. The molecule has 1 heterocycles. The van der Waals surface area contributed by atoms with Crippen molar-refractivity contribution >= 4 is 29.7 Å². The van der Waals surface area contributed by atoms with Crippen molar-refractivity contribution in [2.24, 2.45) is 17.4 Å². The number of rotatable bonds is 16. The molecular formula is C36H53N7O6. The van der Waals surface area contributed by atoms with Gasteiger partial charge in [-0.3, -0.25) is 19.2 Å². The van der Waals surface area contributed by atoms with Crippen LogP contribution in [0.5, 0.6) is 0 Å². The second kappa shape index (κ2) is 19.5. The molecule has 2 aromatic rings. The van der Waals surface area contributed by atoms with Crippen molar-refractivity contribution in [3.63, 3.8) is 0 Å². The highest BCUT2D eigenvalue weighted by atomic mass is 16.5. The summed E-state index contributed by atoms with van der Waals surface area (Å²) in [7, 11) is 1.33. The average molecular weight is 680 g/mol. The quantitative estimate of drug-likeness (QED) is 0.176. The van der Waals surface area contributed by atoms with Crippen molar-refractivity contribution in [1.82, 2.24) is 25.8 Å². The van der Waals surface area contributed by atoms with Crippen LogP contribution in [0.2, 0.25) is 0 Å². The predicted molar refractivity (Wildman–Crippen MR) is 187 cm³/mol. The lowest BCUT2D eigenvalue weighted by Gasteiger charge is -2.38. The van der Waals surface area contributed by atoms with E-state index in [-0.39, 0.29) is 24.3 Å². The average Bonchev–Trinajstić information content (AvgIpc) is 3.10. The van der Waals surface area contributed by atoms with Gasteiger partial charge >= 0.3 is 6.09 Å². The highest BCUT2D eigenvalue weighted by Gasteiger charge is 2.34. The lowest BCUT2D eigenvalue weighted by atomic mass is 10.00. The number of ether oxygens (including phenoxy) is 1. The summed E-state index contributed by atoms with van der Waals surface area (Å²) in [5, 5.41) is 8.44. The van der Waals surface area contributed by atoms with Gasteiger partial charge in [-0.05, 0) is 49.7 Å². The van der Waals surface area contributed by atoms with Crippen molar-refractivity contribution in [2.75, 3.05) is 33.3 Å². The van der Waals surface area contributed by atoms with E-state index < -0.39 is 48.0 Å². The summed E-state index contributed by atoms with van der Waals surface area (Å²) in [6, 6.07) is 14.9. The Hall–Kier alpha value is -4.49. The van der Waals surface area contributed by atoms with Crippen LogP contribution in [-0.4, -0.2) is 103 Å². The molecule has 1 aliphatic heterocycles. The second-order valence-electron chi connectivity index (χ2n) is 13.0. The molecule has 1 aliphatic rings. The fraction of sp³-hybridized carbons (Fsp3) is 0.528. The number of piperidine rings is 1. The Morgan fingerprint density at radius 3 is 1.88 bits per heavy atom. The molecule has 0 radical (unpaired) electrons. The maximum absolute atomic E-state index is 13.8. The van der Waals surface area contributed by atoms with Crippen LogP contribution in [0, 0.1) is 5.92 Å². The summed E-state index contributed by atoms with van der Waals surface area (Å²) in [4.78, 5) is 69.4. The molecule has 49 heavy (non-hydrogen) atoms. The molecule has 0 aromatic heterocycles. The predicted octanol–water partition coefficient (Wildman–Crippen LogP) is 1.34. The first-order valence-corrected chi connectivity index (χ1v) is 17.0. The van der Waals surface area contributed by atoms with Crippen LogP contribution < -0.4 is 27.4 Å². The summed E-state index contributed by atoms with van der Waals surface area (Å²) < 4.78 is 4.89. The normalized spacial score (nSPS) is 15.8. The van der Waals surface area contributed by atoms with Gasteiger partial charge in [0.2, 0.25) is 23.6 Å². The monoisotopic (exact) mass is 679 g/mol. The maximum atomic E-state index is 13.8. The number of methoxy groups -OCH3 is 1. The maximum Gasteiger partial charge on any atom is 0.409 e. The van der Waals surface area contributed by atoms with Gasteiger partial charge in [-0.15, -0.1) is 0 Å². The summed E-state index contributed by atoms with van der Waals surface area (Å²) in [6.45, 7) is 6.94. The number of hydrogen-bond acceptors (Lipinski definition) is 8. The number of nitrogens with zero attached hydrogens (tertiary/aromatic N) is 2. The van der Waals surface area contributed by atoms with Crippen LogP contribution in [-0.2, 0) is 36.8 Å². The fourth-order valence-corrected chi connectivity index (χ4v) is 6.00. The zero-order valence-electron chi connectivity index (χ0n) is 29.1. The van der Waals surface area contributed by atoms with E-state index >= 15 is 0 Å². The number of carbonyl (C=O) groups excluding carboxylic acids is 5. The smallest absolute Gasteiger partial charge is 0.409 e. The lowest BCUT2D eigenvalue weighted by Crippen LogP contribution is -2.59. The molecule has 1 saturated heterocycles. The van der Waals surface area contributed by atoms with Gasteiger partial charge in [0.25, 0.3) is 0 Å². The largest absolute Gasteiger partial charge is 0.453 e. The van der Waals surface area contributed by atoms with Crippen LogP contribution in [0.4, 0.5) is 4.79 Å². The molecule has 3 rings (SSSR count). The van der Waals surface area contributed by atoms with Crippen LogP contribution in [0.15, 0.2) is 60.7 Å². The van der Waals surface area contributed by atoms with E-state index in [0.717, 1.165) is 11.1 Å². The third-order valence-electron chi connectivity index (χ3n) is 8.62. The molecule has 5 amide bonds. The highest BCUT2D eigenvalue weighted by Crippen LogP contribution is 2.18. The molecule has 0 unspecified atom stereocenters. The van der Waals surface area contributed by atoms with Gasteiger partial charge in [0.15, 0.2) is 0 Å². The number of likely N-dealkylation sites (tertiary alicyclic amines) is 1. The van der Waals surface area contributed by atoms with Gasteiger partial charge in [0.05, 0.1) is 13.2 Å². The van der Waals surface area contributed by atoms with Gasteiger partial charge in [-0.1, -0.05) is 74.5 Å². The number of benzene rings is 2. The number of nitrogens with two attached hydrogens (primary N) is 2. The molecule has 0 saturated carbocycles. The van der Waals surface area contributed by atoms with Crippen molar-refractivity contribution in [1.29, 1.82) is 0 Å². The first-order chi connectivity index (χ1) is 23.4. The SMILES string of the molecule is COC(=O)N(CCN)C1CCN(C(=O)[C@@H](C)NC(=O)[C@@H](CC(C)C)NC(=O)[C@@H](Cc2ccccc2)NC(=O)[C@H](N)Cc2ccccc2)CC1. The Balaban J connectivity index is 1.66. The zero-order valence-corrected chi connectivity index (χ0v) is 29.1. The van der Waals surface area contributed by atoms with Crippen molar-refractivity contribution in [3.8, 4) is 0 Å². The van der Waals surface area contributed by atoms with E-state index in [4.69, 9.17) is 16.2 Å². The van der Waals surface area contributed by atoms with Crippen molar-refractivity contribution in [2.45, 2.75) is 83.1 Å². The number of amides is 5. The zero-order chi connectivity index (χ0) is 35.9. The molecule has 0 bridgehead atoms. The molecule has 268 valence electrons. The Bertz CT molecular complexity index is 1370. The van der Waals surface area contributed by atoms with Gasteiger partial charge in [0.1, 0.15) is 18.1 Å². The van der Waals surface area contributed by atoms with E-state index in [2.05, 4.69) is 16.0 Å².